The summed E-state index contributed by atoms with van der Waals surface area (Å²) in [5, 5.41) is 35.7. The van der Waals surface area contributed by atoms with Gasteiger partial charge in [0.25, 0.3) is 22.5 Å². The molecule has 5 aromatic carbocycles. The van der Waals surface area contributed by atoms with Crippen molar-refractivity contribution in [3.63, 3.8) is 0 Å². The van der Waals surface area contributed by atoms with Crippen molar-refractivity contribution in [2.24, 2.45) is 0 Å². The van der Waals surface area contributed by atoms with Gasteiger partial charge in [-0.3, -0.25) is 72.4 Å². The molecule has 0 saturated carbocycles. The van der Waals surface area contributed by atoms with Crippen LogP contribution in [0.3, 0.4) is 0 Å². The molecule has 5 amide bonds. The Hall–Kier alpha value is -14.2. The van der Waals surface area contributed by atoms with E-state index >= 15 is 0 Å². The monoisotopic (exact) mass is 2120 g/mol. The molecule has 6 N–H and O–H groups in total. The van der Waals surface area contributed by atoms with Crippen LogP contribution in [-0.4, -0.2) is 305 Å². The number of carbonyl (C=O) groups is 10. The van der Waals surface area contributed by atoms with E-state index in [1.54, 1.807) is 79.4 Å². The van der Waals surface area contributed by atoms with Gasteiger partial charge in [0.15, 0.2) is 17.7 Å². The minimum atomic E-state index is -4.04. The molecule has 7 heterocycles. The lowest BCUT2D eigenvalue weighted by Gasteiger charge is -2.35. The fraction of sp³-hybridized carbons (Fsp3) is 0.459. The van der Waals surface area contributed by atoms with Crippen molar-refractivity contribution in [3.05, 3.63) is 208 Å². The number of hydrogen-bond acceptors (Lipinski definition) is 28. The number of para-hydroxylation sites is 2. The third-order valence-corrected chi connectivity index (χ3v) is 27.9. The molecular formula is C109H133N12O26S3+. The van der Waals surface area contributed by atoms with E-state index in [2.05, 4.69) is 137 Å². The molecule has 1 unspecified atom stereocenters. The first-order valence-electron chi connectivity index (χ1n) is 50.3. The van der Waals surface area contributed by atoms with Crippen molar-refractivity contribution >= 4 is 130 Å². The molecule has 41 heteroatoms. The molecule has 0 spiro atoms. The van der Waals surface area contributed by atoms with Crippen molar-refractivity contribution in [2.75, 3.05) is 129 Å². The number of allylic oxidation sites excluding steroid dienone is 7. The predicted molar refractivity (Wildman–Crippen MR) is 561 cm³/mol. The van der Waals surface area contributed by atoms with Gasteiger partial charge in [-0.2, -0.15) is 13.0 Å². The van der Waals surface area contributed by atoms with Crippen LogP contribution in [0.1, 0.15) is 200 Å². The van der Waals surface area contributed by atoms with Crippen LogP contribution in [0.5, 0.6) is 17.2 Å². The van der Waals surface area contributed by atoms with Gasteiger partial charge in [0.2, 0.25) is 23.4 Å². The number of nitrogens with zero attached hydrogens (tertiary/aromatic N) is 10. The second kappa shape index (κ2) is 58.1. The number of benzene rings is 5. The zero-order valence-corrected chi connectivity index (χ0v) is 87.7. The average molecular weight is 2120 g/mol. The Kier molecular flexibility index (Phi) is 45.6. The molecule has 802 valence electrons. The zero-order valence-electron chi connectivity index (χ0n) is 85.2. The lowest BCUT2D eigenvalue weighted by molar-refractivity contribution is -0.438. The van der Waals surface area contributed by atoms with Crippen LogP contribution in [0.4, 0.5) is 16.2 Å². The number of hydrogen-bond donors (Lipinski definition) is 6. The Morgan fingerprint density at radius 3 is 1.81 bits per heavy atom. The number of carboxylic acid groups (broad SMARTS) is 3. The summed E-state index contributed by atoms with van der Waals surface area (Å²) in [5.41, 5.74) is 12.1. The van der Waals surface area contributed by atoms with Crippen LogP contribution in [0.2, 0.25) is 0 Å². The summed E-state index contributed by atoms with van der Waals surface area (Å²) in [7, 11) is -10.3. The highest BCUT2D eigenvalue weighted by Crippen LogP contribution is 2.49. The van der Waals surface area contributed by atoms with Crippen LogP contribution >= 0.6 is 0 Å². The Labute approximate surface area is 877 Å². The molecule has 38 nitrogen and oxygen atoms in total. The van der Waals surface area contributed by atoms with Gasteiger partial charge in [0.1, 0.15) is 35.3 Å². The molecule has 13 rings (SSSR count). The summed E-state index contributed by atoms with van der Waals surface area (Å²) < 4.78 is 110. The number of aliphatic carboxylic acids is 2. The number of likely N-dealkylation sites (tertiary alicyclic amines) is 2. The average Bonchev–Trinajstić information content (AvgIpc) is 1.59. The summed E-state index contributed by atoms with van der Waals surface area (Å²) in [4.78, 5) is 145. The van der Waals surface area contributed by atoms with E-state index in [-0.39, 0.29) is 174 Å². The number of carboxylic acids is 2. The number of unbranched alkanes of at least 4 members (excludes halogenated alkanes) is 4. The summed E-state index contributed by atoms with van der Waals surface area (Å²) in [6, 6.07) is 38.5. The summed E-state index contributed by atoms with van der Waals surface area (Å²) in [6.07, 6.45) is 33.3. The van der Waals surface area contributed by atoms with Gasteiger partial charge in [-0.25, -0.2) is 4.79 Å². The van der Waals surface area contributed by atoms with E-state index in [1.807, 2.05) is 42.5 Å². The standard InChI is InChI=1S/C68H78N6O8S.C41H54N6O12.2O3S/c1-7-51-23-19-42-72(51)64(76)47-71-66(77)54-37-39-69-58-33-32-53(46-55(54)58)81-43-20-38-70-63(75)28-12-9-15-40-74-60-34-29-48(2)45-57(60)68(5,6)62(74)36-31-50-22-18-21-49(65(50)82-52-24-10-8-11-25-52)30-35-61-67(3,4)56-26-13-14-27-59(56)73(61)41-16-17-44-83(78,79)80;1-2-30-6-5-16-47(30)37(51)12-11-36(50)33-14-15-42-35-10-9-32(26-34(33)35)58-25-4-3-7-31(49)8-13-38(59-29-48)45-21-19-43(27-39(52)53)17-18-44(28-40(54)55)20-22-46(24-23-45)41(56)57;2*1-4(2)3/h1,8,10-11,13-14,24-27,29-37,39,45-46,51H,9,12,15-23,28,38,40-44,47H2,2-6H3,(H2-,70,71,75,77,78,79,80);1,9-10,14-15,26,29-30,38H,3-8,11-13,16-25,27-28H2,(H,52,53)(H,54,55)(H,56,57);;/p+1/t51-;30-,38?;;/m01../s1. The maximum atomic E-state index is 13.3. The number of aromatic nitrogens is 2. The highest BCUT2D eigenvalue weighted by Gasteiger charge is 2.45. The van der Waals surface area contributed by atoms with Crippen LogP contribution < -0.4 is 29.7 Å². The topological polar surface area (TPSA) is 501 Å². The number of amides is 5. The maximum Gasteiger partial charge on any atom is 0.425 e. The van der Waals surface area contributed by atoms with Crippen LogP contribution in [0, 0.1) is 31.6 Å². The molecule has 1 aliphatic carbocycles. The quantitative estimate of drug-likeness (QED) is 0.00516. The second-order valence-corrected chi connectivity index (χ2v) is 40.5. The van der Waals surface area contributed by atoms with E-state index in [1.165, 1.54) is 28.1 Å². The Bertz CT molecular complexity index is 6580. The highest BCUT2D eigenvalue weighted by molar-refractivity contribution is 7.85. The van der Waals surface area contributed by atoms with E-state index in [0.29, 0.717) is 122 Å². The zero-order chi connectivity index (χ0) is 109. The number of Topliss-reactive ketones (excluding diaryl/α,β-unsaturated/α-hetero) is 2. The highest BCUT2D eigenvalue weighted by atomic mass is 32.2. The molecule has 3 atom stereocenters. The van der Waals surface area contributed by atoms with E-state index in [0.717, 1.165) is 110 Å². The first-order valence-corrected chi connectivity index (χ1v) is 53.9. The van der Waals surface area contributed by atoms with Gasteiger partial charge in [-0.1, -0.05) is 92.3 Å². The predicted octanol–water partition coefficient (Wildman–Crippen LogP) is 12.0. The third-order valence-electron chi connectivity index (χ3n) is 27.0. The van der Waals surface area contributed by atoms with Crippen LogP contribution in [-0.2, 0) is 80.5 Å². The first-order chi connectivity index (χ1) is 71.8. The van der Waals surface area contributed by atoms with Crippen molar-refractivity contribution in [2.45, 2.75) is 199 Å². The van der Waals surface area contributed by atoms with Crippen molar-refractivity contribution < 1.29 is 125 Å². The Balaban J connectivity index is 0.000000301. The Morgan fingerprint density at radius 1 is 0.587 bits per heavy atom. The van der Waals surface area contributed by atoms with Crippen LogP contribution in [0.15, 0.2) is 181 Å². The molecule has 5 aliphatic heterocycles. The first kappa shape index (κ1) is 118. The number of terminal acetylenes is 2. The van der Waals surface area contributed by atoms with Crippen molar-refractivity contribution in [1.82, 2.24) is 50.0 Å². The summed E-state index contributed by atoms with van der Waals surface area (Å²) >= 11 is 0. The SMILES string of the molecule is C#C[C@@H]1CCCN1C(=O)CCC(=O)c1ccnc2ccc(OCCCCC(=O)CCC(OC=O)N3CCN(CC(=O)O)CCN(CC(=O)O)CCN(C(=O)O)CC3)cc12.C#C[C@H]1CCCN1C(=O)CNC(=O)c1ccnc2ccc(OCCCNC(=O)CCCCCN3C(=CC=C4CCCC(C=CC5=[N+](CCCCS(=O)(=O)O)c6ccccc6C5(C)C)=C4Oc4ccccc4)C(C)(C)c4cc(C)ccc43)cc12.O=S(=O)=O.O=S(=O)=O. The fourth-order valence-corrected chi connectivity index (χ4v) is 20.0. The number of carbonyl (C=O) groups excluding carboxylic acids is 7. The minimum Gasteiger partial charge on any atom is -0.494 e. The number of ether oxygens (including phenoxy) is 4. The smallest absolute Gasteiger partial charge is 0.425 e. The van der Waals surface area contributed by atoms with E-state index in [4.69, 9.17) is 57.0 Å². The van der Waals surface area contributed by atoms with Gasteiger partial charge in [0.05, 0.1) is 72.7 Å². The molecule has 6 aliphatic rings. The van der Waals surface area contributed by atoms with Gasteiger partial charge in [-0.05, 0) is 200 Å². The normalized spacial score (nSPS) is 17.5. The molecule has 150 heavy (non-hydrogen) atoms. The number of ketones is 2. The third kappa shape index (κ3) is 35.5. The molecule has 3 saturated heterocycles. The van der Waals surface area contributed by atoms with Gasteiger partial charge in [0, 0.05) is 187 Å². The molecule has 3 fully saturated rings. The summed E-state index contributed by atoms with van der Waals surface area (Å²) in [5.74, 6) is 4.65. The molecule has 0 radical (unpaired) electrons. The van der Waals surface area contributed by atoms with Crippen molar-refractivity contribution in [3.8, 4) is 41.9 Å². The van der Waals surface area contributed by atoms with Gasteiger partial charge < -0.3 is 64.5 Å². The number of pyridine rings is 2. The molecule has 0 bridgehead atoms. The van der Waals surface area contributed by atoms with E-state index in [9.17, 15) is 76.2 Å². The maximum absolute atomic E-state index is 13.3. The van der Waals surface area contributed by atoms with Gasteiger partial charge >= 0.3 is 39.2 Å². The molecule has 7 aromatic rings. The number of rotatable bonds is 44. The lowest BCUT2D eigenvalue weighted by Crippen LogP contribution is -2.51. The second-order valence-electron chi connectivity index (χ2n) is 38.2. The van der Waals surface area contributed by atoms with Crippen molar-refractivity contribution in [1.29, 1.82) is 0 Å². The largest absolute Gasteiger partial charge is 0.494 e. The molecule has 2 aromatic heterocycles. The number of aryl methyl sites for hydroxylation is 1. The fourth-order valence-electron chi connectivity index (χ4n) is 19.4. The van der Waals surface area contributed by atoms with Gasteiger partial charge in [-0.15, -0.1) is 38.1 Å². The Morgan fingerprint density at radius 2 is 1.18 bits per heavy atom. The lowest BCUT2D eigenvalue weighted by atomic mass is 9.81. The molecular weight excluding hydrogens is 1990 g/mol. The summed E-state index contributed by atoms with van der Waals surface area (Å²) in [6.45, 7) is 15.5. The van der Waals surface area contributed by atoms with E-state index < -0.39 is 55.6 Å². The number of nitrogens with one attached hydrogen (secondary N) is 2. The number of fused-ring (bicyclic) bond motifs is 4. The van der Waals surface area contributed by atoms with Crippen LogP contribution in [0.25, 0.3) is 21.8 Å². The minimum absolute atomic E-state index is 0.00110. The number of anilines is 1.